The van der Waals surface area contributed by atoms with Crippen molar-refractivity contribution in [2.75, 3.05) is 13.1 Å². The fraction of sp³-hybridized carbons (Fsp3) is 0.632. The molecule has 1 aliphatic carbocycles. The molecule has 1 saturated carbocycles. The number of nitrogens with one attached hydrogen (secondary N) is 1. The van der Waals surface area contributed by atoms with Crippen LogP contribution in [0.4, 0.5) is 0 Å². The molecule has 0 spiro atoms. The standard InChI is InChI=1S/C19H28N2O2/c1-14-7-2-3-8-15(14)13-18(22)20-16-9-6-10-17(19(16)23)21-11-4-5-12-21/h2-3,7-8,16-17,19,23H,4-6,9-13H2,1H3,(H,20,22)/t16-,17-,19-/m1/s1. The van der Waals surface area contributed by atoms with Crippen LogP contribution in [0, 0.1) is 6.92 Å². The van der Waals surface area contributed by atoms with Gasteiger partial charge in [0.05, 0.1) is 18.6 Å². The van der Waals surface area contributed by atoms with E-state index in [0.29, 0.717) is 6.42 Å². The lowest BCUT2D eigenvalue weighted by Crippen LogP contribution is -2.56. The Morgan fingerprint density at radius 2 is 1.96 bits per heavy atom. The molecule has 2 fully saturated rings. The minimum atomic E-state index is -0.442. The van der Waals surface area contributed by atoms with Crippen molar-refractivity contribution < 1.29 is 9.90 Å². The second kappa shape index (κ2) is 7.45. The molecule has 2 N–H and O–H groups in total. The molecule has 23 heavy (non-hydrogen) atoms. The zero-order valence-corrected chi connectivity index (χ0v) is 14.0. The van der Waals surface area contributed by atoms with Crippen LogP contribution in [-0.4, -0.2) is 47.2 Å². The molecule has 0 unspecified atom stereocenters. The number of hydrogen-bond donors (Lipinski definition) is 2. The zero-order valence-electron chi connectivity index (χ0n) is 14.0. The minimum Gasteiger partial charge on any atom is -0.389 e. The molecule has 1 aromatic rings. The molecule has 1 saturated heterocycles. The van der Waals surface area contributed by atoms with Crippen molar-refractivity contribution in [1.82, 2.24) is 10.2 Å². The summed E-state index contributed by atoms with van der Waals surface area (Å²) >= 11 is 0. The molecule has 3 rings (SSSR count). The van der Waals surface area contributed by atoms with Crippen molar-refractivity contribution in [3.8, 4) is 0 Å². The van der Waals surface area contributed by atoms with E-state index in [-0.39, 0.29) is 18.0 Å². The van der Waals surface area contributed by atoms with Gasteiger partial charge < -0.3 is 10.4 Å². The Morgan fingerprint density at radius 1 is 1.22 bits per heavy atom. The molecular weight excluding hydrogens is 288 g/mol. The van der Waals surface area contributed by atoms with Gasteiger partial charge in [-0.25, -0.2) is 0 Å². The van der Waals surface area contributed by atoms with Crippen LogP contribution < -0.4 is 5.32 Å². The molecule has 1 aliphatic heterocycles. The second-order valence-electron chi connectivity index (χ2n) is 7.01. The van der Waals surface area contributed by atoms with Crippen LogP contribution in [0.25, 0.3) is 0 Å². The average Bonchev–Trinajstić information content (AvgIpc) is 3.06. The Labute approximate surface area is 138 Å². The van der Waals surface area contributed by atoms with Crippen molar-refractivity contribution in [2.24, 2.45) is 0 Å². The molecular formula is C19H28N2O2. The van der Waals surface area contributed by atoms with Crippen molar-refractivity contribution in [2.45, 2.75) is 63.6 Å². The van der Waals surface area contributed by atoms with E-state index in [1.165, 1.54) is 12.8 Å². The summed E-state index contributed by atoms with van der Waals surface area (Å²) in [6, 6.07) is 8.10. The van der Waals surface area contributed by atoms with Crippen LogP contribution in [-0.2, 0) is 11.2 Å². The highest BCUT2D eigenvalue weighted by molar-refractivity contribution is 5.79. The van der Waals surface area contributed by atoms with Gasteiger partial charge in [0.2, 0.25) is 5.91 Å². The predicted octanol–water partition coefficient (Wildman–Crippen LogP) is 2.03. The minimum absolute atomic E-state index is 0.0189. The maximum Gasteiger partial charge on any atom is 0.224 e. The topological polar surface area (TPSA) is 52.6 Å². The summed E-state index contributed by atoms with van der Waals surface area (Å²) in [4.78, 5) is 14.8. The average molecular weight is 316 g/mol. The number of carbonyl (C=O) groups is 1. The van der Waals surface area contributed by atoms with Gasteiger partial charge in [-0.3, -0.25) is 9.69 Å². The summed E-state index contributed by atoms with van der Waals surface area (Å²) in [5.41, 5.74) is 2.20. The molecule has 1 amide bonds. The number of benzene rings is 1. The maximum absolute atomic E-state index is 12.4. The SMILES string of the molecule is Cc1ccccc1CC(=O)N[C@@H]1CCC[C@@H](N2CCCC2)[C@@H]1O. The van der Waals surface area contributed by atoms with Crippen LogP contribution in [0.3, 0.4) is 0 Å². The van der Waals surface area contributed by atoms with E-state index < -0.39 is 6.10 Å². The first-order chi connectivity index (χ1) is 11.1. The molecule has 4 heteroatoms. The highest BCUT2D eigenvalue weighted by Crippen LogP contribution is 2.26. The number of aryl methyl sites for hydroxylation is 1. The molecule has 1 heterocycles. The first-order valence-corrected chi connectivity index (χ1v) is 8.91. The fourth-order valence-corrected chi connectivity index (χ4v) is 4.03. The summed E-state index contributed by atoms with van der Waals surface area (Å²) in [6.45, 7) is 4.21. The number of aliphatic hydroxyl groups is 1. The van der Waals surface area contributed by atoms with Gasteiger partial charge in [-0.1, -0.05) is 24.3 Å². The van der Waals surface area contributed by atoms with E-state index in [0.717, 1.165) is 43.5 Å². The van der Waals surface area contributed by atoms with Gasteiger partial charge in [-0.15, -0.1) is 0 Å². The summed E-state index contributed by atoms with van der Waals surface area (Å²) in [6.07, 6.45) is 5.41. The smallest absolute Gasteiger partial charge is 0.224 e. The number of carbonyl (C=O) groups excluding carboxylic acids is 1. The third-order valence-corrected chi connectivity index (χ3v) is 5.39. The predicted molar refractivity (Wildman–Crippen MR) is 91.3 cm³/mol. The van der Waals surface area contributed by atoms with Crippen LogP contribution in [0.5, 0.6) is 0 Å². The molecule has 126 valence electrons. The Balaban J connectivity index is 1.58. The van der Waals surface area contributed by atoms with E-state index in [2.05, 4.69) is 10.2 Å². The molecule has 4 nitrogen and oxygen atoms in total. The number of likely N-dealkylation sites (tertiary alicyclic amines) is 1. The van der Waals surface area contributed by atoms with E-state index in [1.807, 2.05) is 31.2 Å². The number of aliphatic hydroxyl groups excluding tert-OH is 1. The number of hydrogen-bond acceptors (Lipinski definition) is 3. The lowest BCUT2D eigenvalue weighted by molar-refractivity contribution is -0.123. The molecule has 3 atom stereocenters. The van der Waals surface area contributed by atoms with Gasteiger partial charge in [-0.2, -0.15) is 0 Å². The van der Waals surface area contributed by atoms with Crippen LogP contribution in [0.1, 0.15) is 43.2 Å². The summed E-state index contributed by atoms with van der Waals surface area (Å²) < 4.78 is 0. The number of amides is 1. The summed E-state index contributed by atoms with van der Waals surface area (Å²) in [7, 11) is 0. The third-order valence-electron chi connectivity index (χ3n) is 5.39. The largest absolute Gasteiger partial charge is 0.389 e. The Hall–Kier alpha value is -1.39. The molecule has 0 radical (unpaired) electrons. The van der Waals surface area contributed by atoms with Gasteiger partial charge in [0.25, 0.3) is 0 Å². The summed E-state index contributed by atoms with van der Waals surface area (Å²) in [5, 5.41) is 13.8. The van der Waals surface area contributed by atoms with Gasteiger partial charge in [0.1, 0.15) is 0 Å². The van der Waals surface area contributed by atoms with E-state index in [4.69, 9.17) is 0 Å². The van der Waals surface area contributed by atoms with Crippen LogP contribution in [0.15, 0.2) is 24.3 Å². The molecule has 1 aromatic carbocycles. The van der Waals surface area contributed by atoms with Gasteiger partial charge in [-0.05, 0) is 63.2 Å². The Bertz CT molecular complexity index is 540. The third kappa shape index (κ3) is 3.93. The molecule has 0 bridgehead atoms. The van der Waals surface area contributed by atoms with Crippen molar-refractivity contribution in [3.63, 3.8) is 0 Å². The van der Waals surface area contributed by atoms with E-state index in [9.17, 15) is 9.90 Å². The Kier molecular flexibility index (Phi) is 5.34. The lowest BCUT2D eigenvalue weighted by Gasteiger charge is -2.40. The zero-order chi connectivity index (χ0) is 16.2. The van der Waals surface area contributed by atoms with Crippen LogP contribution >= 0.6 is 0 Å². The number of rotatable bonds is 4. The maximum atomic E-state index is 12.4. The van der Waals surface area contributed by atoms with Gasteiger partial charge in [0.15, 0.2) is 0 Å². The lowest BCUT2D eigenvalue weighted by atomic mass is 9.87. The molecule has 2 aliphatic rings. The highest BCUT2D eigenvalue weighted by Gasteiger charge is 2.36. The first kappa shape index (κ1) is 16.5. The van der Waals surface area contributed by atoms with Crippen molar-refractivity contribution >= 4 is 5.91 Å². The number of nitrogens with zero attached hydrogens (tertiary/aromatic N) is 1. The van der Waals surface area contributed by atoms with Crippen LogP contribution in [0.2, 0.25) is 0 Å². The fourth-order valence-electron chi connectivity index (χ4n) is 4.03. The quantitative estimate of drug-likeness (QED) is 0.894. The monoisotopic (exact) mass is 316 g/mol. The summed E-state index contributed by atoms with van der Waals surface area (Å²) in [5.74, 6) is 0.0189. The van der Waals surface area contributed by atoms with Crippen molar-refractivity contribution in [1.29, 1.82) is 0 Å². The highest BCUT2D eigenvalue weighted by atomic mass is 16.3. The second-order valence-corrected chi connectivity index (χ2v) is 7.01. The first-order valence-electron chi connectivity index (χ1n) is 8.91. The van der Waals surface area contributed by atoms with Gasteiger partial charge in [0, 0.05) is 6.04 Å². The van der Waals surface area contributed by atoms with Crippen molar-refractivity contribution in [3.05, 3.63) is 35.4 Å². The van der Waals surface area contributed by atoms with E-state index in [1.54, 1.807) is 0 Å². The molecule has 0 aromatic heterocycles. The van der Waals surface area contributed by atoms with Gasteiger partial charge >= 0.3 is 0 Å². The Morgan fingerprint density at radius 3 is 2.70 bits per heavy atom. The normalized spacial score (nSPS) is 28.7. The van der Waals surface area contributed by atoms with E-state index >= 15 is 0 Å².